The SMILES string of the molecule is Cc1cccc(CNC(=O)[C@@H]2CCc3sc(C(=O)N(C)C)cc3C2)c1. The van der Waals surface area contributed by atoms with Crippen molar-refractivity contribution in [1.82, 2.24) is 10.2 Å². The Kier molecular flexibility index (Phi) is 5.23. The van der Waals surface area contributed by atoms with Gasteiger partial charge in [0.1, 0.15) is 0 Å². The lowest BCUT2D eigenvalue weighted by Gasteiger charge is -2.21. The third-order valence-corrected chi connectivity index (χ3v) is 5.84. The predicted octanol–water partition coefficient (Wildman–Crippen LogP) is 3.18. The topological polar surface area (TPSA) is 49.4 Å². The monoisotopic (exact) mass is 356 g/mol. The van der Waals surface area contributed by atoms with Gasteiger partial charge in [0.25, 0.3) is 5.91 Å². The highest BCUT2D eigenvalue weighted by Gasteiger charge is 2.27. The molecule has 4 nitrogen and oxygen atoms in total. The fraction of sp³-hybridized carbons (Fsp3) is 0.400. The number of thiophene rings is 1. The summed E-state index contributed by atoms with van der Waals surface area (Å²) < 4.78 is 0. The van der Waals surface area contributed by atoms with Gasteiger partial charge in [-0.3, -0.25) is 9.59 Å². The molecule has 0 fully saturated rings. The Morgan fingerprint density at radius 1 is 1.28 bits per heavy atom. The first-order valence-electron chi connectivity index (χ1n) is 8.60. The maximum absolute atomic E-state index is 12.5. The number of rotatable bonds is 4. The van der Waals surface area contributed by atoms with E-state index in [4.69, 9.17) is 0 Å². The lowest BCUT2D eigenvalue weighted by atomic mass is 9.87. The van der Waals surface area contributed by atoms with Crippen molar-refractivity contribution in [3.8, 4) is 0 Å². The van der Waals surface area contributed by atoms with Crippen molar-refractivity contribution >= 4 is 23.2 Å². The number of carbonyl (C=O) groups is 2. The zero-order valence-corrected chi connectivity index (χ0v) is 15.8. The molecule has 0 saturated carbocycles. The maximum Gasteiger partial charge on any atom is 0.263 e. The Morgan fingerprint density at radius 3 is 2.80 bits per heavy atom. The number of hydrogen-bond donors (Lipinski definition) is 1. The molecule has 1 heterocycles. The van der Waals surface area contributed by atoms with Crippen LogP contribution in [0, 0.1) is 12.8 Å². The van der Waals surface area contributed by atoms with Gasteiger partial charge in [0.2, 0.25) is 5.91 Å². The number of aryl methyl sites for hydroxylation is 2. The minimum atomic E-state index is -0.00535. The molecule has 132 valence electrons. The number of hydrogen-bond acceptors (Lipinski definition) is 3. The lowest BCUT2D eigenvalue weighted by molar-refractivity contribution is -0.125. The highest BCUT2D eigenvalue weighted by Crippen LogP contribution is 2.33. The summed E-state index contributed by atoms with van der Waals surface area (Å²) in [4.78, 5) is 28.3. The number of nitrogens with zero attached hydrogens (tertiary/aromatic N) is 1. The molecule has 1 aliphatic rings. The van der Waals surface area contributed by atoms with E-state index in [-0.39, 0.29) is 17.7 Å². The second-order valence-corrected chi connectivity index (χ2v) is 8.04. The van der Waals surface area contributed by atoms with E-state index in [2.05, 4.69) is 24.4 Å². The van der Waals surface area contributed by atoms with Crippen molar-refractivity contribution in [3.05, 3.63) is 56.8 Å². The fourth-order valence-electron chi connectivity index (χ4n) is 3.23. The first-order valence-corrected chi connectivity index (χ1v) is 9.42. The molecular formula is C20H24N2O2S. The third-order valence-electron chi connectivity index (χ3n) is 4.62. The Labute approximate surface area is 152 Å². The molecule has 25 heavy (non-hydrogen) atoms. The van der Waals surface area contributed by atoms with Crippen molar-refractivity contribution in [2.75, 3.05) is 14.1 Å². The van der Waals surface area contributed by atoms with Crippen LogP contribution in [0.15, 0.2) is 30.3 Å². The van der Waals surface area contributed by atoms with Gasteiger partial charge in [-0.15, -0.1) is 11.3 Å². The smallest absolute Gasteiger partial charge is 0.263 e. The van der Waals surface area contributed by atoms with Gasteiger partial charge in [0.05, 0.1) is 4.88 Å². The van der Waals surface area contributed by atoms with Crippen molar-refractivity contribution in [2.24, 2.45) is 5.92 Å². The van der Waals surface area contributed by atoms with Crippen molar-refractivity contribution in [3.63, 3.8) is 0 Å². The van der Waals surface area contributed by atoms with Gasteiger partial charge in [-0.1, -0.05) is 29.8 Å². The number of nitrogens with one attached hydrogen (secondary N) is 1. The highest BCUT2D eigenvalue weighted by molar-refractivity contribution is 7.14. The molecule has 2 amide bonds. The van der Waals surface area contributed by atoms with Crippen LogP contribution in [-0.4, -0.2) is 30.8 Å². The van der Waals surface area contributed by atoms with Gasteiger partial charge in [0, 0.05) is 31.4 Å². The van der Waals surface area contributed by atoms with Crippen LogP contribution in [0.3, 0.4) is 0 Å². The number of benzene rings is 1. The van der Waals surface area contributed by atoms with E-state index in [1.54, 1.807) is 30.3 Å². The summed E-state index contributed by atoms with van der Waals surface area (Å²) in [6, 6.07) is 10.2. The molecule has 1 aromatic heterocycles. The minimum absolute atomic E-state index is 0.00535. The Morgan fingerprint density at radius 2 is 2.08 bits per heavy atom. The molecule has 0 saturated heterocycles. The molecule has 1 N–H and O–H groups in total. The molecule has 2 aromatic rings. The minimum Gasteiger partial charge on any atom is -0.352 e. The van der Waals surface area contributed by atoms with E-state index in [9.17, 15) is 9.59 Å². The van der Waals surface area contributed by atoms with Crippen molar-refractivity contribution in [2.45, 2.75) is 32.7 Å². The van der Waals surface area contributed by atoms with Crippen LogP contribution < -0.4 is 5.32 Å². The van der Waals surface area contributed by atoms with Crippen LogP contribution in [0.5, 0.6) is 0 Å². The van der Waals surface area contributed by atoms with E-state index in [1.165, 1.54) is 10.4 Å². The normalized spacial score (nSPS) is 16.2. The van der Waals surface area contributed by atoms with Gasteiger partial charge in [0.15, 0.2) is 0 Å². The first-order chi connectivity index (χ1) is 11.9. The van der Waals surface area contributed by atoms with Gasteiger partial charge in [-0.25, -0.2) is 0 Å². The van der Waals surface area contributed by atoms with Crippen LogP contribution in [0.2, 0.25) is 0 Å². The molecule has 5 heteroatoms. The van der Waals surface area contributed by atoms with Gasteiger partial charge < -0.3 is 10.2 Å². The summed E-state index contributed by atoms with van der Waals surface area (Å²) in [5, 5.41) is 3.06. The molecule has 0 radical (unpaired) electrons. The molecule has 1 atom stereocenters. The van der Waals surface area contributed by atoms with Crippen LogP contribution >= 0.6 is 11.3 Å². The van der Waals surface area contributed by atoms with Crippen molar-refractivity contribution < 1.29 is 9.59 Å². The number of fused-ring (bicyclic) bond motifs is 1. The number of amides is 2. The van der Waals surface area contributed by atoms with Crippen molar-refractivity contribution in [1.29, 1.82) is 0 Å². The Balaban J connectivity index is 1.62. The van der Waals surface area contributed by atoms with E-state index < -0.39 is 0 Å². The summed E-state index contributed by atoms with van der Waals surface area (Å²) in [5.41, 5.74) is 3.49. The zero-order valence-electron chi connectivity index (χ0n) is 15.0. The molecule has 1 aromatic carbocycles. The second kappa shape index (κ2) is 7.40. The number of carbonyl (C=O) groups excluding carboxylic acids is 2. The second-order valence-electron chi connectivity index (χ2n) is 6.91. The molecule has 1 aliphatic carbocycles. The summed E-state index contributed by atoms with van der Waals surface area (Å²) in [6.07, 6.45) is 2.46. The predicted molar refractivity (Wildman–Crippen MR) is 101 cm³/mol. The molecule has 0 bridgehead atoms. The van der Waals surface area contributed by atoms with Crippen LogP contribution in [-0.2, 0) is 24.2 Å². The Bertz CT molecular complexity index is 795. The van der Waals surface area contributed by atoms with E-state index in [0.29, 0.717) is 6.54 Å². The quantitative estimate of drug-likeness (QED) is 0.915. The van der Waals surface area contributed by atoms with Crippen LogP contribution in [0.4, 0.5) is 0 Å². The van der Waals surface area contributed by atoms with E-state index >= 15 is 0 Å². The van der Waals surface area contributed by atoms with Crippen LogP contribution in [0.1, 0.15) is 37.7 Å². The molecular weight excluding hydrogens is 332 g/mol. The van der Waals surface area contributed by atoms with Gasteiger partial charge in [-0.2, -0.15) is 0 Å². The summed E-state index contributed by atoms with van der Waals surface area (Å²) in [6.45, 7) is 2.62. The molecule has 0 spiro atoms. The fourth-order valence-corrected chi connectivity index (χ4v) is 4.46. The summed E-state index contributed by atoms with van der Waals surface area (Å²) in [7, 11) is 3.53. The molecule has 0 unspecified atom stereocenters. The maximum atomic E-state index is 12.5. The van der Waals surface area contributed by atoms with Gasteiger partial charge in [-0.05, 0) is 43.4 Å². The third kappa shape index (κ3) is 4.10. The summed E-state index contributed by atoms with van der Waals surface area (Å²) in [5.74, 6) is 0.146. The van der Waals surface area contributed by atoms with E-state index in [0.717, 1.165) is 35.3 Å². The first kappa shape index (κ1) is 17.7. The lowest BCUT2D eigenvalue weighted by Crippen LogP contribution is -2.33. The molecule has 3 rings (SSSR count). The molecule has 0 aliphatic heterocycles. The average Bonchev–Trinajstić information content (AvgIpc) is 3.02. The largest absolute Gasteiger partial charge is 0.352 e. The van der Waals surface area contributed by atoms with E-state index in [1.807, 2.05) is 18.2 Å². The zero-order chi connectivity index (χ0) is 18.0. The average molecular weight is 356 g/mol. The Hall–Kier alpha value is -2.14. The van der Waals surface area contributed by atoms with Crippen LogP contribution in [0.25, 0.3) is 0 Å². The van der Waals surface area contributed by atoms with Gasteiger partial charge >= 0.3 is 0 Å². The standard InChI is InChI=1S/C20H24N2O2S/c1-13-5-4-6-14(9-13)12-21-19(23)15-7-8-17-16(10-15)11-18(25-17)20(24)22(2)3/h4-6,9,11,15H,7-8,10,12H2,1-3H3,(H,21,23)/t15-/m1/s1. The summed E-state index contributed by atoms with van der Waals surface area (Å²) >= 11 is 1.57. The highest BCUT2D eigenvalue weighted by atomic mass is 32.1.